The molecule has 1 rings (SSSR count). The van der Waals surface area contributed by atoms with Crippen LogP contribution in [-0.2, 0) is 9.47 Å². The third-order valence-electron chi connectivity index (χ3n) is 3.13. The topological polar surface area (TPSA) is 50.7 Å². The third kappa shape index (κ3) is 6.36. The highest BCUT2D eigenvalue weighted by Gasteiger charge is 2.29. The van der Waals surface area contributed by atoms with Gasteiger partial charge in [0.1, 0.15) is 0 Å². The maximum atomic E-state index is 9.68. The van der Waals surface area contributed by atoms with Crippen LogP contribution in [0.2, 0.25) is 0 Å². The number of aliphatic hydroxyl groups excluding tert-OH is 1. The smallest absolute Gasteiger partial charge is 0.0897 e. The largest absolute Gasteiger partial charge is 0.389 e. The number of aliphatic hydroxyl groups is 1. The molecule has 0 radical (unpaired) electrons. The molecule has 102 valence electrons. The molecule has 0 aliphatic carbocycles. The average Bonchev–Trinajstić information content (AvgIpc) is 2.72. The Hall–Kier alpha value is -0.160. The van der Waals surface area contributed by atoms with Crippen molar-refractivity contribution in [2.24, 2.45) is 0 Å². The molecule has 0 amide bonds. The molecule has 4 heteroatoms. The lowest BCUT2D eigenvalue weighted by Crippen LogP contribution is -2.41. The predicted molar refractivity (Wildman–Crippen MR) is 68.2 cm³/mol. The van der Waals surface area contributed by atoms with Crippen molar-refractivity contribution in [2.45, 2.75) is 51.2 Å². The Morgan fingerprint density at radius 2 is 2.35 bits per heavy atom. The van der Waals surface area contributed by atoms with Crippen LogP contribution < -0.4 is 5.32 Å². The Balaban J connectivity index is 1.97. The fraction of sp³-hybridized carbons (Fsp3) is 1.00. The van der Waals surface area contributed by atoms with E-state index in [1.54, 1.807) is 0 Å². The molecule has 0 aromatic carbocycles. The highest BCUT2D eigenvalue weighted by Crippen LogP contribution is 2.23. The molecule has 1 saturated heterocycles. The van der Waals surface area contributed by atoms with Gasteiger partial charge in [-0.15, -0.1) is 0 Å². The van der Waals surface area contributed by atoms with E-state index in [2.05, 4.69) is 19.2 Å². The van der Waals surface area contributed by atoms with Crippen LogP contribution in [0.5, 0.6) is 0 Å². The van der Waals surface area contributed by atoms with Crippen molar-refractivity contribution < 1.29 is 14.6 Å². The van der Waals surface area contributed by atoms with E-state index in [1.807, 2.05) is 0 Å². The molecule has 2 N–H and O–H groups in total. The fourth-order valence-corrected chi connectivity index (χ4v) is 2.00. The van der Waals surface area contributed by atoms with Gasteiger partial charge in [-0.05, 0) is 26.2 Å². The Labute approximate surface area is 105 Å². The van der Waals surface area contributed by atoms with Gasteiger partial charge in [0.25, 0.3) is 0 Å². The number of nitrogens with one attached hydrogen (secondary N) is 1. The second-order valence-corrected chi connectivity index (χ2v) is 5.12. The zero-order valence-corrected chi connectivity index (χ0v) is 11.2. The molecule has 2 atom stereocenters. The molecule has 1 heterocycles. The molecule has 0 aromatic heterocycles. The first-order valence-corrected chi connectivity index (χ1v) is 6.77. The molecule has 0 spiro atoms. The Morgan fingerprint density at radius 3 is 3.00 bits per heavy atom. The van der Waals surface area contributed by atoms with Gasteiger partial charge in [0, 0.05) is 26.3 Å². The molecule has 1 fully saturated rings. The lowest BCUT2D eigenvalue weighted by Gasteiger charge is -2.24. The van der Waals surface area contributed by atoms with Crippen molar-refractivity contribution in [2.75, 3.05) is 32.9 Å². The van der Waals surface area contributed by atoms with Crippen LogP contribution in [0.3, 0.4) is 0 Å². The van der Waals surface area contributed by atoms with Crippen LogP contribution in [0.1, 0.15) is 39.5 Å². The van der Waals surface area contributed by atoms with Crippen LogP contribution in [0, 0.1) is 0 Å². The van der Waals surface area contributed by atoms with Crippen molar-refractivity contribution in [3.63, 3.8) is 0 Å². The average molecular weight is 245 g/mol. The van der Waals surface area contributed by atoms with Crippen LogP contribution in [0.15, 0.2) is 0 Å². The van der Waals surface area contributed by atoms with E-state index in [0.29, 0.717) is 13.2 Å². The maximum Gasteiger partial charge on any atom is 0.0897 e. The van der Waals surface area contributed by atoms with Crippen LogP contribution >= 0.6 is 0 Å². The molecule has 4 nitrogen and oxygen atoms in total. The van der Waals surface area contributed by atoms with Gasteiger partial charge in [0.15, 0.2) is 0 Å². The molecule has 1 aliphatic heterocycles. The lowest BCUT2D eigenvalue weighted by molar-refractivity contribution is 0.0102. The third-order valence-corrected chi connectivity index (χ3v) is 3.13. The minimum atomic E-state index is -0.420. The van der Waals surface area contributed by atoms with Crippen molar-refractivity contribution in [1.82, 2.24) is 5.32 Å². The van der Waals surface area contributed by atoms with Crippen molar-refractivity contribution in [3.8, 4) is 0 Å². The van der Waals surface area contributed by atoms with Gasteiger partial charge in [-0.25, -0.2) is 0 Å². The van der Waals surface area contributed by atoms with E-state index in [0.717, 1.165) is 45.4 Å². The van der Waals surface area contributed by atoms with Gasteiger partial charge in [0.2, 0.25) is 0 Å². The molecular formula is C13H27NO3. The first-order valence-electron chi connectivity index (χ1n) is 6.77. The molecule has 17 heavy (non-hydrogen) atoms. The van der Waals surface area contributed by atoms with Crippen molar-refractivity contribution >= 4 is 0 Å². The molecular weight excluding hydrogens is 218 g/mol. The Morgan fingerprint density at radius 1 is 1.53 bits per heavy atom. The summed E-state index contributed by atoms with van der Waals surface area (Å²) in [6.45, 7) is 7.66. The summed E-state index contributed by atoms with van der Waals surface area (Å²) in [6, 6.07) is 0. The summed E-state index contributed by atoms with van der Waals surface area (Å²) in [5.41, 5.74) is -0.0389. The van der Waals surface area contributed by atoms with Crippen LogP contribution in [0.4, 0.5) is 0 Å². The van der Waals surface area contributed by atoms with E-state index >= 15 is 0 Å². The molecule has 2 unspecified atom stereocenters. The molecule has 0 bridgehead atoms. The van der Waals surface area contributed by atoms with Crippen LogP contribution in [0.25, 0.3) is 0 Å². The zero-order valence-electron chi connectivity index (χ0n) is 11.2. The quantitative estimate of drug-likeness (QED) is 0.602. The summed E-state index contributed by atoms with van der Waals surface area (Å²) >= 11 is 0. The summed E-state index contributed by atoms with van der Waals surface area (Å²) in [4.78, 5) is 0. The maximum absolute atomic E-state index is 9.68. The zero-order chi connectivity index (χ0) is 12.6. The van der Waals surface area contributed by atoms with E-state index < -0.39 is 6.10 Å². The second-order valence-electron chi connectivity index (χ2n) is 5.12. The standard InChI is InChI=1S/C13H27NO3/c1-3-4-7-16-10-12(15)9-14-11-13(2)6-5-8-17-13/h12,14-15H,3-11H2,1-2H3. The second kappa shape index (κ2) is 8.03. The first kappa shape index (κ1) is 14.9. The van der Waals surface area contributed by atoms with Gasteiger partial charge < -0.3 is 19.9 Å². The van der Waals surface area contributed by atoms with Crippen LogP contribution in [-0.4, -0.2) is 49.7 Å². The Bertz CT molecular complexity index is 193. The van der Waals surface area contributed by atoms with E-state index in [1.165, 1.54) is 0 Å². The van der Waals surface area contributed by atoms with Gasteiger partial charge in [-0.2, -0.15) is 0 Å². The molecule has 0 saturated carbocycles. The Kier molecular flexibility index (Phi) is 7.04. The monoisotopic (exact) mass is 245 g/mol. The van der Waals surface area contributed by atoms with Gasteiger partial charge in [-0.1, -0.05) is 13.3 Å². The van der Waals surface area contributed by atoms with Crippen molar-refractivity contribution in [3.05, 3.63) is 0 Å². The van der Waals surface area contributed by atoms with E-state index in [4.69, 9.17) is 9.47 Å². The van der Waals surface area contributed by atoms with E-state index in [9.17, 15) is 5.11 Å². The summed E-state index contributed by atoms with van der Waals surface area (Å²) in [5, 5.41) is 12.9. The number of unbranched alkanes of at least 4 members (excludes halogenated alkanes) is 1. The highest BCUT2D eigenvalue weighted by atomic mass is 16.5. The van der Waals surface area contributed by atoms with Gasteiger partial charge in [-0.3, -0.25) is 0 Å². The van der Waals surface area contributed by atoms with Gasteiger partial charge in [0.05, 0.1) is 18.3 Å². The minimum absolute atomic E-state index is 0.0389. The van der Waals surface area contributed by atoms with Gasteiger partial charge >= 0.3 is 0 Å². The number of hydrogen-bond donors (Lipinski definition) is 2. The normalized spacial score (nSPS) is 26.3. The molecule has 1 aliphatic rings. The van der Waals surface area contributed by atoms with E-state index in [-0.39, 0.29) is 5.60 Å². The SMILES string of the molecule is CCCCOCC(O)CNCC1(C)CCCO1. The summed E-state index contributed by atoms with van der Waals surface area (Å²) in [6.07, 6.45) is 4.01. The summed E-state index contributed by atoms with van der Waals surface area (Å²) < 4.78 is 11.0. The first-order chi connectivity index (χ1) is 8.16. The fourth-order valence-electron chi connectivity index (χ4n) is 2.00. The number of hydrogen-bond acceptors (Lipinski definition) is 4. The molecule has 0 aromatic rings. The van der Waals surface area contributed by atoms with Crippen molar-refractivity contribution in [1.29, 1.82) is 0 Å². The number of ether oxygens (including phenoxy) is 2. The minimum Gasteiger partial charge on any atom is -0.389 e. The predicted octanol–water partition coefficient (Wildman–Crippen LogP) is 1.32. The summed E-state index contributed by atoms with van der Waals surface area (Å²) in [7, 11) is 0. The highest BCUT2D eigenvalue weighted by molar-refractivity contribution is 4.82. The summed E-state index contributed by atoms with van der Waals surface area (Å²) in [5.74, 6) is 0. The number of rotatable bonds is 9. The lowest BCUT2D eigenvalue weighted by atomic mass is 10.0.